The standard InChI is InChI=1S/C17H12N6O2/c18-9-14-15(10-3-7-13(8-4-10)23(24)25)21-17(22-16(14)20)11-1-5-12(19)6-2-11/h1-8H,19H2,(H2,20,21,22). The summed E-state index contributed by atoms with van der Waals surface area (Å²) >= 11 is 0. The van der Waals surface area contributed by atoms with Crippen molar-refractivity contribution in [2.75, 3.05) is 11.5 Å². The molecule has 0 aliphatic heterocycles. The Morgan fingerprint density at radius 1 is 0.960 bits per heavy atom. The second kappa shape index (κ2) is 6.25. The molecular weight excluding hydrogens is 320 g/mol. The maximum atomic E-state index is 10.8. The van der Waals surface area contributed by atoms with Gasteiger partial charge in [0.1, 0.15) is 17.5 Å². The van der Waals surface area contributed by atoms with Crippen LogP contribution in [-0.4, -0.2) is 14.9 Å². The molecule has 3 rings (SSSR count). The number of nitriles is 1. The zero-order valence-electron chi connectivity index (χ0n) is 12.9. The summed E-state index contributed by atoms with van der Waals surface area (Å²) in [4.78, 5) is 18.9. The van der Waals surface area contributed by atoms with Crippen molar-refractivity contribution in [3.63, 3.8) is 0 Å². The van der Waals surface area contributed by atoms with Gasteiger partial charge < -0.3 is 11.5 Å². The summed E-state index contributed by atoms with van der Waals surface area (Å²) in [6.45, 7) is 0. The van der Waals surface area contributed by atoms with E-state index in [9.17, 15) is 15.4 Å². The van der Waals surface area contributed by atoms with E-state index >= 15 is 0 Å². The number of nitrogens with two attached hydrogens (primary N) is 2. The van der Waals surface area contributed by atoms with E-state index in [1.165, 1.54) is 24.3 Å². The summed E-state index contributed by atoms with van der Waals surface area (Å²) in [7, 11) is 0. The monoisotopic (exact) mass is 332 g/mol. The molecule has 2 aromatic carbocycles. The maximum Gasteiger partial charge on any atom is 0.269 e. The van der Waals surface area contributed by atoms with Gasteiger partial charge in [-0.15, -0.1) is 0 Å². The highest BCUT2D eigenvalue weighted by atomic mass is 16.6. The number of hydrogen-bond acceptors (Lipinski definition) is 7. The van der Waals surface area contributed by atoms with Crippen molar-refractivity contribution in [1.29, 1.82) is 5.26 Å². The number of rotatable bonds is 3. The highest BCUT2D eigenvalue weighted by Gasteiger charge is 2.16. The molecule has 0 amide bonds. The van der Waals surface area contributed by atoms with Crippen LogP contribution >= 0.6 is 0 Å². The maximum absolute atomic E-state index is 10.8. The molecule has 0 spiro atoms. The van der Waals surface area contributed by atoms with Crippen molar-refractivity contribution in [1.82, 2.24) is 9.97 Å². The van der Waals surface area contributed by atoms with Crippen LogP contribution in [0.3, 0.4) is 0 Å². The van der Waals surface area contributed by atoms with E-state index < -0.39 is 4.92 Å². The lowest BCUT2D eigenvalue weighted by atomic mass is 10.1. The fourth-order valence-electron chi connectivity index (χ4n) is 2.30. The SMILES string of the molecule is N#Cc1c(N)nc(-c2ccc(N)cc2)nc1-c1ccc([N+](=O)[O-])cc1. The van der Waals surface area contributed by atoms with Gasteiger partial charge in [0.05, 0.1) is 10.6 Å². The molecule has 4 N–H and O–H groups in total. The van der Waals surface area contributed by atoms with Crippen molar-refractivity contribution >= 4 is 17.2 Å². The van der Waals surface area contributed by atoms with Crippen molar-refractivity contribution in [3.05, 3.63) is 64.2 Å². The van der Waals surface area contributed by atoms with Gasteiger partial charge in [-0.3, -0.25) is 10.1 Å². The zero-order valence-corrected chi connectivity index (χ0v) is 12.9. The molecule has 0 aliphatic rings. The van der Waals surface area contributed by atoms with E-state index in [2.05, 4.69) is 9.97 Å². The minimum absolute atomic E-state index is 0.0395. The molecule has 0 aliphatic carbocycles. The van der Waals surface area contributed by atoms with Crippen LogP contribution in [0, 0.1) is 21.4 Å². The number of anilines is 2. The molecule has 0 saturated carbocycles. The number of nitrogens with zero attached hydrogens (tertiary/aromatic N) is 4. The molecule has 25 heavy (non-hydrogen) atoms. The lowest BCUT2D eigenvalue weighted by Gasteiger charge is -2.09. The average Bonchev–Trinajstić information content (AvgIpc) is 2.61. The number of nitro groups is 1. The summed E-state index contributed by atoms with van der Waals surface area (Å²) in [5.74, 6) is 0.377. The fraction of sp³-hybridized carbons (Fsp3) is 0. The minimum atomic E-state index is -0.497. The molecule has 8 heteroatoms. The van der Waals surface area contributed by atoms with E-state index in [1.54, 1.807) is 24.3 Å². The van der Waals surface area contributed by atoms with Gasteiger partial charge in [-0.05, 0) is 36.4 Å². The average molecular weight is 332 g/mol. The van der Waals surface area contributed by atoms with Crippen LogP contribution in [0.25, 0.3) is 22.6 Å². The van der Waals surface area contributed by atoms with Gasteiger partial charge in [0.2, 0.25) is 0 Å². The van der Waals surface area contributed by atoms with Gasteiger partial charge in [0.15, 0.2) is 5.82 Å². The summed E-state index contributed by atoms with van der Waals surface area (Å²) in [6.07, 6.45) is 0. The van der Waals surface area contributed by atoms with Crippen molar-refractivity contribution in [2.45, 2.75) is 0 Å². The van der Waals surface area contributed by atoms with E-state index in [-0.39, 0.29) is 17.1 Å². The summed E-state index contributed by atoms with van der Waals surface area (Å²) in [5, 5.41) is 20.2. The molecule has 8 nitrogen and oxygen atoms in total. The number of nitrogen functional groups attached to an aromatic ring is 2. The van der Waals surface area contributed by atoms with Crippen molar-refractivity contribution in [2.24, 2.45) is 0 Å². The van der Waals surface area contributed by atoms with Crippen molar-refractivity contribution in [3.8, 4) is 28.7 Å². The topological polar surface area (TPSA) is 145 Å². The molecule has 122 valence electrons. The minimum Gasteiger partial charge on any atom is -0.399 e. The first kappa shape index (κ1) is 15.9. The number of hydrogen-bond donors (Lipinski definition) is 2. The van der Waals surface area contributed by atoms with E-state index in [4.69, 9.17) is 11.5 Å². The number of aromatic nitrogens is 2. The Balaban J connectivity index is 2.16. The van der Waals surface area contributed by atoms with Gasteiger partial charge in [-0.25, -0.2) is 9.97 Å². The van der Waals surface area contributed by atoms with Crippen LogP contribution in [-0.2, 0) is 0 Å². The smallest absolute Gasteiger partial charge is 0.269 e. The van der Waals surface area contributed by atoms with E-state index in [1.807, 2.05) is 6.07 Å². The first-order valence-corrected chi connectivity index (χ1v) is 7.18. The second-order valence-electron chi connectivity index (χ2n) is 5.19. The van der Waals surface area contributed by atoms with Gasteiger partial charge in [0, 0.05) is 28.9 Å². The summed E-state index contributed by atoms with van der Waals surface area (Å²) in [5.41, 5.74) is 13.8. The van der Waals surface area contributed by atoms with Gasteiger partial charge >= 0.3 is 0 Å². The molecule has 0 unspecified atom stereocenters. The van der Waals surface area contributed by atoms with Crippen LogP contribution in [0.4, 0.5) is 17.2 Å². The molecule has 3 aromatic rings. The fourth-order valence-corrected chi connectivity index (χ4v) is 2.30. The normalized spacial score (nSPS) is 10.2. The van der Waals surface area contributed by atoms with Crippen LogP contribution in [0.2, 0.25) is 0 Å². The molecule has 0 radical (unpaired) electrons. The molecule has 1 heterocycles. The quantitative estimate of drug-likeness (QED) is 0.426. The highest BCUT2D eigenvalue weighted by molar-refractivity contribution is 5.75. The Morgan fingerprint density at radius 3 is 2.12 bits per heavy atom. The zero-order chi connectivity index (χ0) is 18.0. The van der Waals surface area contributed by atoms with Crippen LogP contribution in [0.1, 0.15) is 5.56 Å². The summed E-state index contributed by atoms with van der Waals surface area (Å²) < 4.78 is 0. The predicted molar refractivity (Wildman–Crippen MR) is 93.1 cm³/mol. The highest BCUT2D eigenvalue weighted by Crippen LogP contribution is 2.29. The molecule has 0 bridgehead atoms. The Morgan fingerprint density at radius 2 is 1.56 bits per heavy atom. The van der Waals surface area contributed by atoms with Gasteiger partial charge in [-0.2, -0.15) is 5.26 Å². The van der Waals surface area contributed by atoms with E-state index in [0.717, 1.165) is 0 Å². The van der Waals surface area contributed by atoms with Crippen molar-refractivity contribution < 1.29 is 4.92 Å². The Hall–Kier alpha value is -3.99. The van der Waals surface area contributed by atoms with Crippen LogP contribution < -0.4 is 11.5 Å². The van der Waals surface area contributed by atoms with Crippen LogP contribution in [0.15, 0.2) is 48.5 Å². The third kappa shape index (κ3) is 3.07. The largest absolute Gasteiger partial charge is 0.399 e. The predicted octanol–water partition coefficient (Wildman–Crippen LogP) is 2.75. The Bertz CT molecular complexity index is 991. The lowest BCUT2D eigenvalue weighted by Crippen LogP contribution is -2.03. The van der Waals surface area contributed by atoms with Crippen LogP contribution in [0.5, 0.6) is 0 Å². The Labute approximate surface area is 142 Å². The third-order valence-corrected chi connectivity index (χ3v) is 3.57. The third-order valence-electron chi connectivity index (χ3n) is 3.57. The van der Waals surface area contributed by atoms with Gasteiger partial charge in [0.25, 0.3) is 5.69 Å². The lowest BCUT2D eigenvalue weighted by molar-refractivity contribution is -0.384. The first-order chi connectivity index (χ1) is 12.0. The Kier molecular flexibility index (Phi) is 3.97. The summed E-state index contributed by atoms with van der Waals surface area (Å²) in [6, 6.07) is 14.6. The van der Waals surface area contributed by atoms with Gasteiger partial charge in [-0.1, -0.05) is 0 Å². The number of non-ortho nitro benzene ring substituents is 1. The number of benzene rings is 2. The molecular formula is C17H12N6O2. The van der Waals surface area contributed by atoms with E-state index in [0.29, 0.717) is 28.3 Å². The number of nitro benzene ring substituents is 1. The molecule has 0 atom stereocenters. The molecule has 0 fully saturated rings. The molecule has 0 saturated heterocycles. The second-order valence-corrected chi connectivity index (χ2v) is 5.19. The molecule has 1 aromatic heterocycles. The first-order valence-electron chi connectivity index (χ1n) is 7.18.